The van der Waals surface area contributed by atoms with Gasteiger partial charge in [0.1, 0.15) is 0 Å². The Morgan fingerprint density at radius 1 is 0.283 bits per heavy atom. The lowest BCUT2D eigenvalue weighted by Gasteiger charge is -2.27. The van der Waals surface area contributed by atoms with Gasteiger partial charge in [0.2, 0.25) is 0 Å². The van der Waals surface area contributed by atoms with Gasteiger partial charge in [-0.15, -0.1) is 0 Å². The molecule has 0 bridgehead atoms. The molecule has 1 aliphatic rings. The molecule has 0 saturated heterocycles. The van der Waals surface area contributed by atoms with Crippen molar-refractivity contribution in [2.45, 2.75) is 19.3 Å². The molecule has 0 unspecified atom stereocenters. The highest BCUT2D eigenvalue weighted by molar-refractivity contribution is 6.08. The first kappa shape index (κ1) is 35.7. The molecule has 11 rings (SSSR count). The van der Waals surface area contributed by atoms with Crippen molar-refractivity contribution in [2.24, 2.45) is 0 Å². The van der Waals surface area contributed by atoms with Gasteiger partial charge in [0.05, 0.1) is 0 Å². The van der Waals surface area contributed by atoms with E-state index < -0.39 is 0 Å². The maximum Gasteiger partial charge on any atom is 0.0468 e. The lowest BCUT2D eigenvalue weighted by atomic mass is 9.76. The highest BCUT2D eigenvalue weighted by atomic mass is 15.1. The third-order valence-electron chi connectivity index (χ3n) is 12.6. The van der Waals surface area contributed by atoms with Gasteiger partial charge >= 0.3 is 0 Å². The largest absolute Gasteiger partial charge is 0.310 e. The van der Waals surface area contributed by atoms with E-state index in [2.05, 4.69) is 243 Å². The van der Waals surface area contributed by atoms with Gasteiger partial charge in [-0.3, -0.25) is 0 Å². The number of nitrogens with zero attached hydrogens (tertiary/aromatic N) is 1. The van der Waals surface area contributed by atoms with Crippen LogP contribution in [0.15, 0.2) is 224 Å². The molecule has 0 amide bonds. The third-order valence-corrected chi connectivity index (χ3v) is 12.6. The van der Waals surface area contributed by atoms with E-state index in [1.165, 1.54) is 88.3 Å². The van der Waals surface area contributed by atoms with Crippen LogP contribution in [0.3, 0.4) is 0 Å². The van der Waals surface area contributed by atoms with E-state index in [4.69, 9.17) is 0 Å². The Bertz CT molecular complexity index is 3200. The van der Waals surface area contributed by atoms with E-state index in [1.54, 1.807) is 0 Å². The Hall–Kier alpha value is -7.48. The molecule has 0 N–H and O–H groups in total. The quantitative estimate of drug-likeness (QED) is 0.146. The van der Waals surface area contributed by atoms with E-state index in [-0.39, 0.29) is 5.41 Å². The van der Waals surface area contributed by atoms with Crippen molar-refractivity contribution in [1.82, 2.24) is 0 Å². The summed E-state index contributed by atoms with van der Waals surface area (Å²) in [5.41, 5.74) is 18.5. The molecule has 0 aliphatic heterocycles. The summed E-state index contributed by atoms with van der Waals surface area (Å²) in [5.74, 6) is 0. The molecule has 0 radical (unpaired) electrons. The fourth-order valence-electron chi connectivity index (χ4n) is 9.81. The number of hydrogen-bond donors (Lipinski definition) is 0. The summed E-state index contributed by atoms with van der Waals surface area (Å²) < 4.78 is 0. The van der Waals surface area contributed by atoms with Crippen LogP contribution in [0.1, 0.15) is 25.0 Å². The predicted molar refractivity (Wildman–Crippen MR) is 255 cm³/mol. The fraction of sp³-hybridized carbons (Fsp3) is 0.0508. The Morgan fingerprint density at radius 2 is 0.733 bits per heavy atom. The second kappa shape index (κ2) is 14.4. The molecule has 0 atom stereocenters. The van der Waals surface area contributed by atoms with Gasteiger partial charge in [-0.05, 0) is 131 Å². The summed E-state index contributed by atoms with van der Waals surface area (Å²) >= 11 is 0. The molecule has 0 aromatic heterocycles. The zero-order chi connectivity index (χ0) is 40.2. The lowest BCUT2D eigenvalue weighted by molar-refractivity contribution is 0.664. The van der Waals surface area contributed by atoms with E-state index in [0.717, 1.165) is 17.1 Å². The summed E-state index contributed by atoms with van der Waals surface area (Å²) in [6.45, 7) is 4.80. The summed E-state index contributed by atoms with van der Waals surface area (Å²) in [5, 5.41) is 5.02. The SMILES string of the molecule is CC1(C)c2c(-c3ccccc3)cccc2-c2cccc(-c3cccc(-c4ccc(N(c5ccc(-c6ccccc6)cc5)c5ccc6c(ccc7ccccc76)c5)cc4)c3)c21. The van der Waals surface area contributed by atoms with E-state index in [9.17, 15) is 0 Å². The molecule has 10 aromatic carbocycles. The van der Waals surface area contributed by atoms with Crippen LogP contribution < -0.4 is 4.90 Å². The second-order valence-corrected chi connectivity index (χ2v) is 16.5. The average Bonchev–Trinajstić information content (AvgIpc) is 3.56. The van der Waals surface area contributed by atoms with Gasteiger partial charge in [-0.25, -0.2) is 0 Å². The van der Waals surface area contributed by atoms with Crippen molar-refractivity contribution in [1.29, 1.82) is 0 Å². The minimum absolute atomic E-state index is 0.177. The fourth-order valence-corrected chi connectivity index (χ4v) is 9.81. The van der Waals surface area contributed by atoms with Gasteiger partial charge < -0.3 is 4.90 Å². The predicted octanol–water partition coefficient (Wildman–Crippen LogP) is 16.4. The number of anilines is 3. The maximum absolute atomic E-state index is 2.40. The first-order valence-electron chi connectivity index (χ1n) is 20.9. The van der Waals surface area contributed by atoms with Gasteiger partial charge in [0, 0.05) is 22.5 Å². The van der Waals surface area contributed by atoms with Crippen LogP contribution in [0.2, 0.25) is 0 Å². The maximum atomic E-state index is 2.40. The van der Waals surface area contributed by atoms with Crippen molar-refractivity contribution < 1.29 is 0 Å². The second-order valence-electron chi connectivity index (χ2n) is 16.5. The zero-order valence-corrected chi connectivity index (χ0v) is 33.8. The molecule has 284 valence electrons. The summed E-state index contributed by atoms with van der Waals surface area (Å²) in [7, 11) is 0. The molecule has 0 saturated carbocycles. The third kappa shape index (κ3) is 6.01. The van der Waals surface area contributed by atoms with Crippen molar-refractivity contribution in [3.8, 4) is 55.6 Å². The Kier molecular flexibility index (Phi) is 8.57. The topological polar surface area (TPSA) is 3.24 Å². The van der Waals surface area contributed by atoms with Gasteiger partial charge in [-0.1, -0.05) is 196 Å². The minimum atomic E-state index is -0.177. The number of benzene rings is 10. The molecule has 0 spiro atoms. The standard InChI is InChI=1S/C59H43N/c1-59(2)57-53(43-16-7-4-8-17-43)22-12-24-55(57)56-25-13-23-54(58(56)59)46-20-11-19-45(38-46)42-30-34-49(35-31-42)60(48-32-28-41(29-33-48)40-14-5-3-6-15-40)50-36-37-52-47(39-50)27-26-44-18-9-10-21-51(44)52/h3-39H,1-2H3. The van der Waals surface area contributed by atoms with E-state index >= 15 is 0 Å². The van der Waals surface area contributed by atoms with E-state index in [1.807, 2.05) is 0 Å². The monoisotopic (exact) mass is 765 g/mol. The van der Waals surface area contributed by atoms with Crippen LogP contribution in [-0.2, 0) is 5.41 Å². The highest BCUT2D eigenvalue weighted by Gasteiger charge is 2.39. The van der Waals surface area contributed by atoms with Crippen LogP contribution in [0.4, 0.5) is 17.1 Å². The highest BCUT2D eigenvalue weighted by Crippen LogP contribution is 2.55. The van der Waals surface area contributed by atoms with Crippen molar-refractivity contribution >= 4 is 38.6 Å². The van der Waals surface area contributed by atoms with Crippen LogP contribution in [-0.4, -0.2) is 0 Å². The van der Waals surface area contributed by atoms with Crippen molar-refractivity contribution in [2.75, 3.05) is 4.90 Å². The van der Waals surface area contributed by atoms with Gasteiger partial charge in [-0.2, -0.15) is 0 Å². The molecule has 1 aliphatic carbocycles. The molecule has 1 heteroatoms. The lowest BCUT2D eigenvalue weighted by Crippen LogP contribution is -2.17. The minimum Gasteiger partial charge on any atom is -0.310 e. The molecule has 0 heterocycles. The number of hydrogen-bond acceptors (Lipinski definition) is 1. The molecule has 60 heavy (non-hydrogen) atoms. The van der Waals surface area contributed by atoms with Crippen molar-refractivity contribution in [3.63, 3.8) is 0 Å². The molecule has 0 fully saturated rings. The summed E-state index contributed by atoms with van der Waals surface area (Å²) in [6.07, 6.45) is 0. The smallest absolute Gasteiger partial charge is 0.0468 e. The Balaban J connectivity index is 0.968. The van der Waals surface area contributed by atoms with Crippen LogP contribution >= 0.6 is 0 Å². The van der Waals surface area contributed by atoms with Crippen molar-refractivity contribution in [3.05, 3.63) is 236 Å². The first-order valence-corrected chi connectivity index (χ1v) is 20.9. The van der Waals surface area contributed by atoms with Crippen LogP contribution in [0.5, 0.6) is 0 Å². The zero-order valence-electron chi connectivity index (χ0n) is 33.8. The summed E-state index contributed by atoms with van der Waals surface area (Å²) in [4.78, 5) is 2.38. The van der Waals surface area contributed by atoms with Crippen LogP contribution in [0, 0.1) is 0 Å². The van der Waals surface area contributed by atoms with Gasteiger partial charge in [0.15, 0.2) is 0 Å². The Labute approximate surface area is 352 Å². The summed E-state index contributed by atoms with van der Waals surface area (Å²) in [6, 6.07) is 82.2. The normalized spacial score (nSPS) is 12.6. The molecular formula is C59H43N. The first-order chi connectivity index (χ1) is 29.5. The molecular weight excluding hydrogens is 723 g/mol. The molecule has 10 aromatic rings. The molecule has 1 nitrogen and oxygen atoms in total. The van der Waals surface area contributed by atoms with Crippen LogP contribution in [0.25, 0.3) is 77.2 Å². The number of rotatable bonds is 7. The number of fused-ring (bicyclic) bond motifs is 6. The van der Waals surface area contributed by atoms with Gasteiger partial charge in [0.25, 0.3) is 0 Å². The average molecular weight is 766 g/mol. The Morgan fingerprint density at radius 3 is 1.40 bits per heavy atom. The van der Waals surface area contributed by atoms with E-state index in [0.29, 0.717) is 0 Å².